The van der Waals surface area contributed by atoms with Crippen molar-refractivity contribution in [1.29, 1.82) is 0 Å². The van der Waals surface area contributed by atoms with Gasteiger partial charge in [-0.2, -0.15) is 0 Å². The summed E-state index contributed by atoms with van der Waals surface area (Å²) in [6.07, 6.45) is -0.974. The number of benzene rings is 7. The zero-order valence-electron chi connectivity index (χ0n) is 32.0. The van der Waals surface area contributed by atoms with Crippen molar-refractivity contribution in [3.63, 3.8) is 0 Å². The first-order chi connectivity index (χ1) is 29.0. The molecule has 9 heteroatoms. The number of phenolic OH excluding ortho intramolecular Hbond substituents is 2. The zero-order valence-corrected chi connectivity index (χ0v) is 33.7. The molecule has 0 radical (unpaired) electrons. The van der Waals surface area contributed by atoms with Gasteiger partial charge in [-0.05, 0) is 58.5 Å². The summed E-state index contributed by atoms with van der Waals surface area (Å²) in [4.78, 5) is 5.19. The third kappa shape index (κ3) is 8.50. The first-order valence-corrected chi connectivity index (χ1v) is 21.1. The van der Waals surface area contributed by atoms with Gasteiger partial charge < -0.3 is 29.2 Å². The van der Waals surface area contributed by atoms with Crippen molar-refractivity contribution in [2.75, 3.05) is 0 Å². The van der Waals surface area contributed by atoms with Crippen LogP contribution in [0, 0.1) is 0 Å². The number of thioether (sulfide) groups is 1. The van der Waals surface area contributed by atoms with Crippen LogP contribution in [0.1, 0.15) is 39.5 Å². The summed E-state index contributed by atoms with van der Waals surface area (Å²) in [6, 6.07) is 57.5. The predicted octanol–water partition coefficient (Wildman–Crippen LogP) is 11.8. The van der Waals surface area contributed by atoms with Crippen molar-refractivity contribution < 1.29 is 29.2 Å². The largest absolute Gasteiger partial charge is 0.504 e. The molecule has 0 amide bonds. The number of hydrogen-bond acceptors (Lipinski definition) is 9. The van der Waals surface area contributed by atoms with Gasteiger partial charge >= 0.3 is 0 Å². The quantitative estimate of drug-likeness (QED) is 0.105. The minimum absolute atomic E-state index is 0.223. The zero-order chi connectivity index (χ0) is 40.0. The van der Waals surface area contributed by atoms with Gasteiger partial charge in [-0.25, -0.2) is 4.98 Å². The molecule has 2 heterocycles. The number of para-hydroxylation sites is 1. The highest BCUT2D eigenvalue weighted by Crippen LogP contribution is 2.61. The monoisotopic (exact) mass is 815 g/mol. The Morgan fingerprint density at radius 3 is 1.85 bits per heavy atom. The van der Waals surface area contributed by atoms with Crippen LogP contribution in [0.25, 0.3) is 10.2 Å². The molecule has 0 fully saturated rings. The standard InChI is InChI=1S/C50H41NO6S2/c52-41-26-25-38(27-42(41)53)47-48(56-33-37-21-11-4-12-22-37)50(30-34-15-5-1-6-16-34,59-49-51-40-23-13-14-24-45(40)58-49)46-43(55-32-36-19-9-3-10-20-36)28-39(29-44(46)57-47)54-31-35-17-7-2-8-18-35/h1-29,47-48,52-53H,30-33H2/t47-,48+,50?/m1/s1. The summed E-state index contributed by atoms with van der Waals surface area (Å²) in [5.41, 5.74) is 6.46. The number of hydrogen-bond donors (Lipinski definition) is 2. The van der Waals surface area contributed by atoms with Gasteiger partial charge in [0, 0.05) is 12.1 Å². The summed E-state index contributed by atoms with van der Waals surface area (Å²) >= 11 is 3.28. The lowest BCUT2D eigenvalue weighted by molar-refractivity contribution is -0.0730. The van der Waals surface area contributed by atoms with Crippen molar-refractivity contribution in [1.82, 2.24) is 4.98 Å². The molecule has 3 atom stereocenters. The highest BCUT2D eigenvalue weighted by atomic mass is 32.2. The van der Waals surface area contributed by atoms with Crippen molar-refractivity contribution >= 4 is 33.3 Å². The first-order valence-electron chi connectivity index (χ1n) is 19.5. The SMILES string of the molecule is Oc1ccc([C@H]2Oc3cc(OCc4ccccc4)cc(OCc4ccccc4)c3C(Cc3ccccc3)(Sc3nc4ccccc4s3)[C@H]2OCc2ccccc2)cc1O. The molecule has 0 saturated carbocycles. The average Bonchev–Trinajstić information content (AvgIpc) is 3.69. The number of fused-ring (bicyclic) bond motifs is 2. The Morgan fingerprint density at radius 1 is 0.610 bits per heavy atom. The maximum atomic E-state index is 10.9. The number of thiazole rings is 1. The molecule has 0 bridgehead atoms. The lowest BCUT2D eigenvalue weighted by Crippen LogP contribution is -2.49. The average molecular weight is 816 g/mol. The second kappa shape index (κ2) is 17.3. The van der Waals surface area contributed by atoms with Gasteiger partial charge in [0.25, 0.3) is 0 Å². The maximum absolute atomic E-state index is 10.9. The minimum Gasteiger partial charge on any atom is -0.504 e. The van der Waals surface area contributed by atoms with Crippen LogP contribution in [-0.4, -0.2) is 21.3 Å². The highest BCUT2D eigenvalue weighted by molar-refractivity contribution is 8.02. The Bertz CT molecular complexity index is 2610. The van der Waals surface area contributed by atoms with E-state index < -0.39 is 17.0 Å². The van der Waals surface area contributed by atoms with Crippen molar-refractivity contribution in [3.8, 4) is 28.7 Å². The van der Waals surface area contributed by atoms with Gasteiger partial charge in [-0.1, -0.05) is 151 Å². The molecular weight excluding hydrogens is 775 g/mol. The van der Waals surface area contributed by atoms with E-state index in [2.05, 4.69) is 18.2 Å². The van der Waals surface area contributed by atoms with Crippen LogP contribution >= 0.6 is 23.1 Å². The van der Waals surface area contributed by atoms with Gasteiger partial charge in [0.1, 0.15) is 36.6 Å². The molecular formula is C50H41NO6S2. The minimum atomic E-state index is -0.959. The van der Waals surface area contributed by atoms with Gasteiger partial charge in [-0.3, -0.25) is 0 Å². The van der Waals surface area contributed by atoms with Gasteiger partial charge in [0.2, 0.25) is 0 Å². The molecule has 1 unspecified atom stereocenters. The molecule has 294 valence electrons. The van der Waals surface area contributed by atoms with Crippen molar-refractivity contribution in [2.45, 2.75) is 47.5 Å². The maximum Gasteiger partial charge on any atom is 0.157 e. The van der Waals surface area contributed by atoms with Crippen LogP contribution in [0.2, 0.25) is 0 Å². The molecule has 7 aromatic carbocycles. The van der Waals surface area contributed by atoms with E-state index in [-0.39, 0.29) is 18.1 Å². The Labute approximate surface area is 351 Å². The number of phenols is 2. The number of nitrogens with zero attached hydrogens (tertiary/aromatic N) is 1. The molecule has 0 saturated heterocycles. The van der Waals surface area contributed by atoms with E-state index in [1.165, 1.54) is 6.07 Å². The Kier molecular flexibility index (Phi) is 11.2. The van der Waals surface area contributed by atoms with E-state index in [1.807, 2.05) is 140 Å². The number of aromatic hydroxyl groups is 2. The van der Waals surface area contributed by atoms with E-state index in [4.69, 9.17) is 23.9 Å². The molecule has 7 nitrogen and oxygen atoms in total. The number of aromatic nitrogens is 1. The van der Waals surface area contributed by atoms with E-state index in [0.717, 1.165) is 42.4 Å². The van der Waals surface area contributed by atoms with Crippen LogP contribution in [0.3, 0.4) is 0 Å². The summed E-state index contributed by atoms with van der Waals surface area (Å²) in [6.45, 7) is 0.916. The topological polar surface area (TPSA) is 90.3 Å². The third-order valence-corrected chi connectivity index (χ3v) is 12.9. The summed E-state index contributed by atoms with van der Waals surface area (Å²) in [7, 11) is 0. The normalized spacial score (nSPS) is 17.2. The Balaban J connectivity index is 1.29. The van der Waals surface area contributed by atoms with Crippen LogP contribution in [0.5, 0.6) is 28.7 Å². The van der Waals surface area contributed by atoms with Crippen molar-refractivity contribution in [3.05, 3.63) is 209 Å². The summed E-state index contributed by atoms with van der Waals surface area (Å²) in [5, 5.41) is 21.4. The number of ether oxygens (including phenoxy) is 4. The fraction of sp³-hybridized carbons (Fsp3) is 0.140. The van der Waals surface area contributed by atoms with Gasteiger partial charge in [0.15, 0.2) is 21.9 Å². The molecule has 59 heavy (non-hydrogen) atoms. The second-order valence-corrected chi connectivity index (χ2v) is 17.1. The van der Waals surface area contributed by atoms with Crippen LogP contribution in [0.15, 0.2) is 180 Å². The predicted molar refractivity (Wildman–Crippen MR) is 233 cm³/mol. The lowest BCUT2D eigenvalue weighted by Gasteiger charge is -2.48. The highest BCUT2D eigenvalue weighted by Gasteiger charge is 2.55. The summed E-state index contributed by atoms with van der Waals surface area (Å²) < 4.78 is 28.9. The van der Waals surface area contributed by atoms with E-state index in [9.17, 15) is 10.2 Å². The fourth-order valence-corrected chi connectivity index (χ4v) is 10.4. The van der Waals surface area contributed by atoms with Crippen molar-refractivity contribution in [2.24, 2.45) is 0 Å². The number of rotatable bonds is 14. The van der Waals surface area contributed by atoms with Gasteiger partial charge in [0.05, 0.1) is 27.1 Å². The first kappa shape index (κ1) is 38.3. The molecule has 0 aliphatic carbocycles. The molecule has 8 aromatic rings. The molecule has 1 aromatic heterocycles. The Morgan fingerprint density at radius 2 is 1.20 bits per heavy atom. The molecule has 0 spiro atoms. The Hall–Kier alpha value is -6.26. The van der Waals surface area contributed by atoms with Crippen LogP contribution in [0.4, 0.5) is 0 Å². The molecule has 2 N–H and O–H groups in total. The summed E-state index contributed by atoms with van der Waals surface area (Å²) in [5.74, 6) is 1.25. The van der Waals surface area contributed by atoms with Crippen LogP contribution in [-0.2, 0) is 35.7 Å². The second-order valence-electron chi connectivity index (χ2n) is 14.4. The van der Waals surface area contributed by atoms with E-state index in [1.54, 1.807) is 35.2 Å². The van der Waals surface area contributed by atoms with E-state index >= 15 is 0 Å². The van der Waals surface area contributed by atoms with Gasteiger partial charge in [-0.15, -0.1) is 11.3 Å². The van der Waals surface area contributed by atoms with Crippen LogP contribution < -0.4 is 14.2 Å². The third-order valence-electron chi connectivity index (χ3n) is 10.4. The molecule has 1 aliphatic heterocycles. The molecule has 1 aliphatic rings. The smallest absolute Gasteiger partial charge is 0.157 e. The van der Waals surface area contributed by atoms with E-state index in [0.29, 0.717) is 42.4 Å². The molecule has 9 rings (SSSR count). The lowest BCUT2D eigenvalue weighted by atomic mass is 9.79. The fourth-order valence-electron chi connectivity index (χ4n) is 7.56.